The molecule has 2 fully saturated rings. The van der Waals surface area contributed by atoms with E-state index in [1.807, 2.05) is 12.1 Å². The zero-order valence-electron chi connectivity index (χ0n) is 16.3. The number of ether oxygens (including phenoxy) is 3. The fourth-order valence-electron chi connectivity index (χ4n) is 3.45. The van der Waals surface area contributed by atoms with Crippen molar-refractivity contribution < 1.29 is 23.5 Å². The molecule has 6 heteroatoms. The average Bonchev–Trinajstić information content (AvgIpc) is 3.35. The SMILES string of the molecule is COc1cc(OC)c(C(B2OC(C)(C)C(C)(C)O2)C2CC2)c(OC)c1. The van der Waals surface area contributed by atoms with Gasteiger partial charge >= 0.3 is 7.12 Å². The highest BCUT2D eigenvalue weighted by Gasteiger charge is 2.57. The van der Waals surface area contributed by atoms with E-state index in [0.29, 0.717) is 11.7 Å². The average molecular weight is 348 g/mol. The molecule has 0 bridgehead atoms. The Hall–Kier alpha value is -1.40. The topological polar surface area (TPSA) is 46.2 Å². The number of benzene rings is 1. The van der Waals surface area contributed by atoms with E-state index < -0.39 is 0 Å². The van der Waals surface area contributed by atoms with Crippen molar-refractivity contribution in [3.63, 3.8) is 0 Å². The molecule has 1 aliphatic heterocycles. The number of hydrogen-bond donors (Lipinski definition) is 0. The van der Waals surface area contributed by atoms with Gasteiger partial charge in [0.05, 0.1) is 32.5 Å². The summed E-state index contributed by atoms with van der Waals surface area (Å²) in [6, 6.07) is 3.80. The van der Waals surface area contributed by atoms with Crippen LogP contribution in [-0.4, -0.2) is 39.6 Å². The number of methoxy groups -OCH3 is 3. The highest BCUT2D eigenvalue weighted by atomic mass is 16.7. The lowest BCUT2D eigenvalue weighted by atomic mass is 9.64. The van der Waals surface area contributed by atoms with E-state index in [-0.39, 0.29) is 24.1 Å². The molecule has 25 heavy (non-hydrogen) atoms. The summed E-state index contributed by atoms with van der Waals surface area (Å²) in [6.07, 6.45) is 2.32. The van der Waals surface area contributed by atoms with Crippen molar-refractivity contribution in [2.24, 2.45) is 5.92 Å². The summed E-state index contributed by atoms with van der Waals surface area (Å²) in [7, 11) is 4.66. The van der Waals surface area contributed by atoms with Crippen LogP contribution < -0.4 is 14.2 Å². The molecule has 1 saturated carbocycles. The van der Waals surface area contributed by atoms with E-state index in [0.717, 1.165) is 29.9 Å². The smallest absolute Gasteiger partial charge is 0.466 e. The Morgan fingerprint density at radius 1 is 0.920 bits per heavy atom. The van der Waals surface area contributed by atoms with Crippen LogP contribution in [0.25, 0.3) is 0 Å². The maximum atomic E-state index is 6.37. The van der Waals surface area contributed by atoms with Crippen LogP contribution in [0.5, 0.6) is 17.2 Å². The van der Waals surface area contributed by atoms with Gasteiger partial charge in [-0.05, 0) is 33.6 Å². The van der Waals surface area contributed by atoms with Gasteiger partial charge in [-0.3, -0.25) is 0 Å². The van der Waals surface area contributed by atoms with Gasteiger partial charge in [0, 0.05) is 23.5 Å². The first-order chi connectivity index (χ1) is 11.7. The number of rotatable bonds is 6. The molecule has 1 aromatic carbocycles. The summed E-state index contributed by atoms with van der Waals surface area (Å²) in [5.74, 6) is 2.79. The molecular weight excluding hydrogens is 319 g/mol. The van der Waals surface area contributed by atoms with Crippen LogP contribution in [0.2, 0.25) is 0 Å². The lowest BCUT2D eigenvalue weighted by Gasteiger charge is -2.32. The third-order valence-corrected chi connectivity index (χ3v) is 5.78. The minimum absolute atomic E-state index is 0.0665. The first-order valence-corrected chi connectivity index (χ1v) is 8.89. The highest BCUT2D eigenvalue weighted by molar-refractivity contribution is 6.48. The van der Waals surface area contributed by atoms with Crippen LogP contribution in [0.1, 0.15) is 51.9 Å². The normalized spacial score (nSPS) is 22.6. The molecule has 0 N–H and O–H groups in total. The molecule has 0 aromatic heterocycles. The van der Waals surface area contributed by atoms with Crippen LogP contribution in [0.15, 0.2) is 12.1 Å². The molecule has 1 aromatic rings. The second-order valence-corrected chi connectivity index (χ2v) is 7.93. The minimum Gasteiger partial charge on any atom is -0.496 e. The molecule has 5 nitrogen and oxygen atoms in total. The van der Waals surface area contributed by atoms with Crippen molar-refractivity contribution in [1.29, 1.82) is 0 Å². The fraction of sp³-hybridized carbons (Fsp3) is 0.684. The van der Waals surface area contributed by atoms with Gasteiger partial charge in [0.25, 0.3) is 0 Å². The number of hydrogen-bond acceptors (Lipinski definition) is 5. The Bertz CT molecular complexity index is 598. The molecule has 1 aliphatic carbocycles. The molecule has 1 heterocycles. The van der Waals surface area contributed by atoms with Crippen LogP contribution >= 0.6 is 0 Å². The Kier molecular flexibility index (Phi) is 4.71. The summed E-state index contributed by atoms with van der Waals surface area (Å²) in [5.41, 5.74) is 0.280. The quantitative estimate of drug-likeness (QED) is 0.731. The summed E-state index contributed by atoms with van der Waals surface area (Å²) >= 11 is 0. The van der Waals surface area contributed by atoms with Gasteiger partial charge in [0.15, 0.2) is 0 Å². The zero-order valence-corrected chi connectivity index (χ0v) is 16.3. The maximum Gasteiger partial charge on any atom is 0.466 e. The first kappa shape index (κ1) is 18.4. The lowest BCUT2D eigenvalue weighted by Crippen LogP contribution is -2.41. The van der Waals surface area contributed by atoms with Gasteiger partial charge in [-0.1, -0.05) is 12.8 Å². The largest absolute Gasteiger partial charge is 0.496 e. The molecule has 1 unspecified atom stereocenters. The lowest BCUT2D eigenvalue weighted by molar-refractivity contribution is 0.00578. The van der Waals surface area contributed by atoms with Gasteiger partial charge < -0.3 is 23.5 Å². The zero-order chi connectivity index (χ0) is 18.4. The van der Waals surface area contributed by atoms with Gasteiger partial charge in [-0.15, -0.1) is 0 Å². The summed E-state index contributed by atoms with van der Waals surface area (Å²) in [5, 5.41) is 0. The van der Waals surface area contributed by atoms with Crippen molar-refractivity contribution in [3.05, 3.63) is 17.7 Å². The van der Waals surface area contributed by atoms with E-state index in [1.54, 1.807) is 21.3 Å². The summed E-state index contributed by atoms with van der Waals surface area (Å²) < 4.78 is 29.5. The molecule has 0 amide bonds. The molecule has 3 rings (SSSR count). The molecule has 0 spiro atoms. The van der Waals surface area contributed by atoms with Crippen molar-refractivity contribution >= 4 is 7.12 Å². The first-order valence-electron chi connectivity index (χ1n) is 8.89. The Labute approximate surface area is 151 Å². The molecule has 1 atom stereocenters. The maximum absolute atomic E-state index is 6.37. The minimum atomic E-state index is -0.363. The van der Waals surface area contributed by atoms with Crippen molar-refractivity contribution in [2.45, 2.75) is 57.6 Å². The molecule has 0 radical (unpaired) electrons. The third-order valence-electron chi connectivity index (χ3n) is 5.78. The highest BCUT2D eigenvalue weighted by Crippen LogP contribution is 2.54. The molecular formula is C19H29BO5. The summed E-state index contributed by atoms with van der Waals surface area (Å²) in [4.78, 5) is 0. The van der Waals surface area contributed by atoms with Crippen LogP contribution in [-0.2, 0) is 9.31 Å². The Morgan fingerprint density at radius 3 is 1.76 bits per heavy atom. The van der Waals surface area contributed by atoms with E-state index in [2.05, 4.69) is 27.7 Å². The summed E-state index contributed by atoms with van der Waals surface area (Å²) in [6.45, 7) is 8.33. The Balaban J connectivity index is 2.05. The van der Waals surface area contributed by atoms with Crippen LogP contribution in [0.3, 0.4) is 0 Å². The fourth-order valence-corrected chi connectivity index (χ4v) is 3.45. The van der Waals surface area contributed by atoms with Gasteiger partial charge in [-0.25, -0.2) is 0 Å². The van der Waals surface area contributed by atoms with E-state index in [1.165, 1.54) is 0 Å². The Morgan fingerprint density at radius 2 is 1.40 bits per heavy atom. The van der Waals surface area contributed by atoms with Gasteiger partial charge in [-0.2, -0.15) is 0 Å². The van der Waals surface area contributed by atoms with Crippen LogP contribution in [0, 0.1) is 5.92 Å². The second kappa shape index (κ2) is 6.40. The van der Waals surface area contributed by atoms with E-state index >= 15 is 0 Å². The van der Waals surface area contributed by atoms with Gasteiger partial charge in [0.1, 0.15) is 17.2 Å². The van der Waals surface area contributed by atoms with Crippen molar-refractivity contribution in [3.8, 4) is 17.2 Å². The second-order valence-electron chi connectivity index (χ2n) is 7.93. The van der Waals surface area contributed by atoms with E-state index in [9.17, 15) is 0 Å². The monoisotopic (exact) mass is 348 g/mol. The predicted octanol–water partition coefficient (Wildman–Crippen LogP) is 3.84. The van der Waals surface area contributed by atoms with E-state index in [4.69, 9.17) is 23.5 Å². The standard InChI is InChI=1S/C19H29BO5/c1-18(2)19(3,4)25-20(24-18)17(12-8-9-12)16-14(22-6)10-13(21-5)11-15(16)23-7/h10-12,17H,8-9H2,1-7H3. The molecule has 2 aliphatic rings. The van der Waals surface area contributed by atoms with Crippen LogP contribution in [0.4, 0.5) is 0 Å². The van der Waals surface area contributed by atoms with Crippen molar-refractivity contribution in [1.82, 2.24) is 0 Å². The third kappa shape index (κ3) is 3.22. The molecule has 138 valence electrons. The van der Waals surface area contributed by atoms with Gasteiger partial charge in [0.2, 0.25) is 0 Å². The predicted molar refractivity (Wildman–Crippen MR) is 97.6 cm³/mol. The van der Waals surface area contributed by atoms with Crippen molar-refractivity contribution in [2.75, 3.05) is 21.3 Å². The molecule has 1 saturated heterocycles.